The molecule has 0 unspecified atom stereocenters. The summed E-state index contributed by atoms with van der Waals surface area (Å²) in [4.78, 5) is 25.8. The first-order chi connectivity index (χ1) is 12.7. The molecule has 2 amide bonds. The van der Waals surface area contributed by atoms with Crippen molar-refractivity contribution in [3.05, 3.63) is 23.8 Å². The van der Waals surface area contributed by atoms with Crippen LogP contribution in [0.4, 0.5) is 13.2 Å². The summed E-state index contributed by atoms with van der Waals surface area (Å²) in [7, 11) is 3.03. The molecule has 0 bridgehead atoms. The molecule has 0 radical (unpaired) electrons. The number of rotatable bonds is 7. The van der Waals surface area contributed by atoms with Crippen LogP contribution in [0.2, 0.25) is 0 Å². The maximum Gasteiger partial charge on any atom is 0.405 e. The summed E-state index contributed by atoms with van der Waals surface area (Å²) in [5, 5.41) is 4.44. The van der Waals surface area contributed by atoms with E-state index in [1.54, 1.807) is 28.4 Å². The maximum atomic E-state index is 12.3. The number of benzene rings is 1. The molecular weight excluding hydrogens is 367 g/mol. The summed E-state index contributed by atoms with van der Waals surface area (Å²) in [5.74, 6) is -0.0727. The van der Waals surface area contributed by atoms with E-state index < -0.39 is 30.6 Å². The Morgan fingerprint density at radius 1 is 1.26 bits per heavy atom. The average Bonchev–Trinajstić information content (AvgIpc) is 2.62. The van der Waals surface area contributed by atoms with E-state index in [0.717, 1.165) is 5.56 Å². The van der Waals surface area contributed by atoms with Gasteiger partial charge in [0.1, 0.15) is 18.0 Å². The minimum atomic E-state index is -4.50. The number of halogens is 3. The third-order valence-electron chi connectivity index (χ3n) is 4.10. The Balaban J connectivity index is 2.09. The molecule has 7 nitrogen and oxygen atoms in total. The lowest BCUT2D eigenvalue weighted by molar-refractivity contribution is -0.141. The largest absolute Gasteiger partial charge is 0.497 e. The van der Waals surface area contributed by atoms with Crippen LogP contribution in [0.5, 0.6) is 11.5 Å². The highest BCUT2D eigenvalue weighted by atomic mass is 19.4. The topological polar surface area (TPSA) is 79.9 Å². The van der Waals surface area contributed by atoms with Crippen molar-refractivity contribution in [2.75, 3.05) is 33.9 Å². The molecule has 1 aromatic rings. The van der Waals surface area contributed by atoms with Crippen LogP contribution in [-0.4, -0.2) is 62.8 Å². The van der Waals surface area contributed by atoms with Gasteiger partial charge >= 0.3 is 6.18 Å². The first kappa shape index (κ1) is 20.8. The van der Waals surface area contributed by atoms with Gasteiger partial charge in [-0.1, -0.05) is 0 Å². The molecule has 1 heterocycles. The zero-order valence-corrected chi connectivity index (χ0v) is 15.1. The van der Waals surface area contributed by atoms with Crippen LogP contribution >= 0.6 is 0 Å². The molecule has 2 rings (SSSR count). The number of hydrogen-bond acceptors (Lipinski definition) is 5. The highest BCUT2D eigenvalue weighted by Crippen LogP contribution is 2.24. The molecular formula is C17H22F3N3O4. The number of alkyl halides is 3. The van der Waals surface area contributed by atoms with Gasteiger partial charge in [0.25, 0.3) is 0 Å². The van der Waals surface area contributed by atoms with E-state index in [-0.39, 0.29) is 6.42 Å². The number of nitrogens with zero attached hydrogens (tertiary/aromatic N) is 1. The number of carbonyl (C=O) groups excluding carboxylic acids is 2. The number of methoxy groups -OCH3 is 2. The quantitative estimate of drug-likeness (QED) is 0.730. The van der Waals surface area contributed by atoms with Crippen molar-refractivity contribution in [2.45, 2.75) is 25.2 Å². The highest BCUT2D eigenvalue weighted by molar-refractivity contribution is 5.88. The molecule has 0 aliphatic carbocycles. The SMILES string of the molecule is COc1cc(CN2CCNC(=O)[C@H]2CC(=O)NCC(F)(F)F)cc(OC)c1. The summed E-state index contributed by atoms with van der Waals surface area (Å²) in [6, 6.07) is 4.39. The first-order valence-corrected chi connectivity index (χ1v) is 8.29. The molecule has 0 aromatic heterocycles. The Labute approximate surface area is 154 Å². The number of hydrogen-bond donors (Lipinski definition) is 2. The molecule has 2 N–H and O–H groups in total. The van der Waals surface area contributed by atoms with Crippen LogP contribution in [-0.2, 0) is 16.1 Å². The van der Waals surface area contributed by atoms with Crippen molar-refractivity contribution in [1.29, 1.82) is 0 Å². The predicted octanol–water partition coefficient (Wildman–Crippen LogP) is 1.07. The van der Waals surface area contributed by atoms with Crippen molar-refractivity contribution < 1.29 is 32.2 Å². The monoisotopic (exact) mass is 389 g/mol. The van der Waals surface area contributed by atoms with Crippen LogP contribution < -0.4 is 20.1 Å². The maximum absolute atomic E-state index is 12.3. The van der Waals surface area contributed by atoms with Crippen molar-refractivity contribution >= 4 is 11.8 Å². The number of piperazine rings is 1. The van der Waals surface area contributed by atoms with E-state index in [2.05, 4.69) is 5.32 Å². The second-order valence-corrected chi connectivity index (χ2v) is 6.09. The Morgan fingerprint density at radius 2 is 1.89 bits per heavy atom. The van der Waals surface area contributed by atoms with Gasteiger partial charge in [-0.3, -0.25) is 14.5 Å². The van der Waals surface area contributed by atoms with Crippen LogP contribution in [0.3, 0.4) is 0 Å². The molecule has 1 saturated heterocycles. The lowest BCUT2D eigenvalue weighted by atomic mass is 10.1. The summed E-state index contributed by atoms with van der Waals surface area (Å²) in [6.45, 7) is -0.255. The third kappa shape index (κ3) is 6.31. The molecule has 1 fully saturated rings. The fraction of sp³-hybridized carbons (Fsp3) is 0.529. The van der Waals surface area contributed by atoms with Crippen molar-refractivity contribution in [3.8, 4) is 11.5 Å². The van der Waals surface area contributed by atoms with Crippen LogP contribution in [0.1, 0.15) is 12.0 Å². The summed E-state index contributed by atoms with van der Waals surface area (Å²) < 4.78 is 47.2. The molecule has 10 heteroatoms. The Hall–Kier alpha value is -2.49. The van der Waals surface area contributed by atoms with Crippen LogP contribution in [0.25, 0.3) is 0 Å². The number of carbonyl (C=O) groups is 2. The van der Waals surface area contributed by atoms with Crippen LogP contribution in [0.15, 0.2) is 18.2 Å². The minimum Gasteiger partial charge on any atom is -0.497 e. The van der Waals surface area contributed by atoms with E-state index in [9.17, 15) is 22.8 Å². The molecule has 1 atom stereocenters. The Bertz CT molecular complexity index is 660. The molecule has 1 aliphatic heterocycles. The fourth-order valence-electron chi connectivity index (χ4n) is 2.81. The van der Waals surface area contributed by atoms with Crippen LogP contribution in [0, 0.1) is 0 Å². The molecule has 0 spiro atoms. The third-order valence-corrected chi connectivity index (χ3v) is 4.10. The summed E-state index contributed by atoms with van der Waals surface area (Å²) >= 11 is 0. The van der Waals surface area contributed by atoms with Gasteiger partial charge in [-0.25, -0.2) is 0 Å². The minimum absolute atomic E-state index is 0.318. The standard InChI is InChI=1S/C17H22F3N3O4/c1-26-12-5-11(6-13(7-12)27-2)9-23-4-3-21-16(25)14(23)8-15(24)22-10-17(18,19)20/h5-7,14H,3-4,8-10H2,1-2H3,(H,21,25)(H,22,24)/t14-/m1/s1. The number of nitrogens with one attached hydrogen (secondary N) is 2. The van der Waals surface area contributed by atoms with E-state index >= 15 is 0 Å². The first-order valence-electron chi connectivity index (χ1n) is 8.29. The van der Waals surface area contributed by atoms with Gasteiger partial charge in [0.2, 0.25) is 11.8 Å². The molecule has 1 aliphatic rings. The van der Waals surface area contributed by atoms with Gasteiger partial charge in [-0.2, -0.15) is 13.2 Å². The normalized spacial score (nSPS) is 18.0. The number of amides is 2. The molecule has 0 saturated carbocycles. The second-order valence-electron chi connectivity index (χ2n) is 6.09. The Morgan fingerprint density at radius 3 is 2.44 bits per heavy atom. The lowest BCUT2D eigenvalue weighted by Crippen LogP contribution is -2.56. The number of ether oxygens (including phenoxy) is 2. The second kappa shape index (κ2) is 8.94. The molecule has 1 aromatic carbocycles. The highest BCUT2D eigenvalue weighted by Gasteiger charge is 2.33. The van der Waals surface area contributed by atoms with Gasteiger partial charge in [-0.05, 0) is 17.7 Å². The fourth-order valence-corrected chi connectivity index (χ4v) is 2.81. The predicted molar refractivity (Wildman–Crippen MR) is 90.4 cm³/mol. The zero-order valence-electron chi connectivity index (χ0n) is 15.1. The summed E-state index contributed by atoms with van der Waals surface area (Å²) in [6.07, 6.45) is -4.86. The average molecular weight is 389 g/mol. The lowest BCUT2D eigenvalue weighted by Gasteiger charge is -2.34. The van der Waals surface area contributed by atoms with Crippen molar-refractivity contribution in [3.63, 3.8) is 0 Å². The van der Waals surface area contributed by atoms with Gasteiger partial charge in [0.05, 0.1) is 26.7 Å². The zero-order chi connectivity index (χ0) is 20.0. The van der Waals surface area contributed by atoms with Gasteiger partial charge < -0.3 is 20.1 Å². The smallest absolute Gasteiger partial charge is 0.405 e. The Kier molecular flexibility index (Phi) is 6.89. The molecule has 150 valence electrons. The van der Waals surface area contributed by atoms with Crippen molar-refractivity contribution in [2.24, 2.45) is 0 Å². The van der Waals surface area contributed by atoms with Gasteiger partial charge in [0.15, 0.2) is 0 Å². The van der Waals surface area contributed by atoms with E-state index in [4.69, 9.17) is 9.47 Å². The van der Waals surface area contributed by atoms with E-state index in [1.807, 2.05) is 0 Å². The van der Waals surface area contributed by atoms with E-state index in [1.165, 1.54) is 14.2 Å². The van der Waals surface area contributed by atoms with E-state index in [0.29, 0.717) is 31.1 Å². The van der Waals surface area contributed by atoms with Crippen molar-refractivity contribution in [1.82, 2.24) is 15.5 Å². The molecule has 27 heavy (non-hydrogen) atoms. The van der Waals surface area contributed by atoms with Gasteiger partial charge in [-0.15, -0.1) is 0 Å². The van der Waals surface area contributed by atoms with Gasteiger partial charge in [0, 0.05) is 25.7 Å². The summed E-state index contributed by atoms with van der Waals surface area (Å²) in [5.41, 5.74) is 0.793.